The van der Waals surface area contributed by atoms with E-state index in [9.17, 15) is 4.39 Å². The Balaban J connectivity index is 2.16. The normalized spacial score (nSPS) is 10.1. The van der Waals surface area contributed by atoms with Gasteiger partial charge in [0, 0.05) is 11.8 Å². The quantitative estimate of drug-likeness (QED) is 0.640. The molecule has 0 saturated heterocycles. The summed E-state index contributed by atoms with van der Waals surface area (Å²) in [6, 6.07) is 7.94. The lowest BCUT2D eigenvalue weighted by molar-refractivity contribution is 0.298. The predicted octanol–water partition coefficient (Wildman–Crippen LogP) is 2.08. The first-order chi connectivity index (χ1) is 8.68. The van der Waals surface area contributed by atoms with Gasteiger partial charge in [0.25, 0.3) is 0 Å². The number of hydrogen-bond donors (Lipinski definition) is 2. The van der Waals surface area contributed by atoms with Crippen LogP contribution in [0.25, 0.3) is 0 Å². The minimum atomic E-state index is -0.328. The molecule has 1 aromatic carbocycles. The van der Waals surface area contributed by atoms with Crippen LogP contribution >= 0.6 is 0 Å². The highest BCUT2D eigenvalue weighted by Crippen LogP contribution is 2.18. The second-order valence-corrected chi connectivity index (χ2v) is 3.67. The molecule has 3 N–H and O–H groups in total. The Morgan fingerprint density at radius 1 is 1.33 bits per heavy atom. The molecule has 18 heavy (non-hydrogen) atoms. The van der Waals surface area contributed by atoms with Gasteiger partial charge in [0.15, 0.2) is 0 Å². The first kappa shape index (κ1) is 12.0. The van der Waals surface area contributed by atoms with E-state index in [2.05, 4.69) is 4.98 Å². The molecule has 0 radical (unpaired) electrons. The molecule has 0 spiro atoms. The zero-order chi connectivity index (χ0) is 13.0. The molecule has 1 heterocycles. The van der Waals surface area contributed by atoms with Gasteiger partial charge in [0.05, 0.1) is 11.8 Å². The molecule has 0 aliphatic carbocycles. The van der Waals surface area contributed by atoms with E-state index < -0.39 is 0 Å². The number of nitrogens with zero attached hydrogens (tertiary/aromatic N) is 1. The monoisotopic (exact) mass is 245 g/mol. The molecule has 4 nitrogen and oxygen atoms in total. The topological polar surface area (TPSA) is 72.0 Å². The van der Waals surface area contributed by atoms with Gasteiger partial charge in [-0.1, -0.05) is 18.2 Å². The van der Waals surface area contributed by atoms with Crippen molar-refractivity contribution in [3.63, 3.8) is 0 Å². The number of aromatic nitrogens is 1. The fraction of sp³-hybridized carbons (Fsp3) is 0.0769. The molecule has 0 aliphatic rings. The number of halogens is 1. The molecular weight excluding hydrogens is 233 g/mol. The van der Waals surface area contributed by atoms with Crippen LogP contribution in [0.5, 0.6) is 5.75 Å². The molecule has 5 heteroatoms. The highest BCUT2D eigenvalue weighted by Gasteiger charge is 2.07. The molecule has 2 rings (SSSR count). The van der Waals surface area contributed by atoms with Crippen molar-refractivity contribution in [3.05, 3.63) is 59.7 Å². The standard InChI is InChI=1S/C13H12FN3O/c14-11-4-2-1-3-9(11)8-18-12-7-17-6-5-10(12)13(15)16/h1-7H,8H2,(H3,15,16). The number of benzene rings is 1. The van der Waals surface area contributed by atoms with Gasteiger partial charge < -0.3 is 10.5 Å². The molecule has 0 unspecified atom stereocenters. The number of pyridine rings is 1. The minimum Gasteiger partial charge on any atom is -0.486 e. The van der Waals surface area contributed by atoms with Crippen molar-refractivity contribution in [1.29, 1.82) is 5.41 Å². The van der Waals surface area contributed by atoms with Crippen molar-refractivity contribution in [2.24, 2.45) is 5.73 Å². The highest BCUT2D eigenvalue weighted by molar-refractivity contribution is 5.97. The minimum absolute atomic E-state index is 0.0681. The number of nitrogens with two attached hydrogens (primary N) is 1. The van der Waals surface area contributed by atoms with E-state index in [1.165, 1.54) is 18.5 Å². The number of nitrogen functional groups attached to an aromatic ring is 1. The van der Waals surface area contributed by atoms with Crippen molar-refractivity contribution in [3.8, 4) is 5.75 Å². The average molecular weight is 245 g/mol. The Morgan fingerprint density at radius 2 is 2.11 bits per heavy atom. The smallest absolute Gasteiger partial charge is 0.148 e. The summed E-state index contributed by atoms with van der Waals surface area (Å²) in [6.07, 6.45) is 2.98. The van der Waals surface area contributed by atoms with E-state index in [0.29, 0.717) is 16.9 Å². The van der Waals surface area contributed by atoms with E-state index in [0.717, 1.165) is 0 Å². The third-order valence-corrected chi connectivity index (χ3v) is 2.42. The van der Waals surface area contributed by atoms with Crippen LogP contribution in [0.2, 0.25) is 0 Å². The van der Waals surface area contributed by atoms with Gasteiger partial charge in [-0.3, -0.25) is 10.4 Å². The second kappa shape index (κ2) is 5.27. The lowest BCUT2D eigenvalue weighted by atomic mass is 10.2. The lowest BCUT2D eigenvalue weighted by Gasteiger charge is -2.10. The Labute approximate surface area is 104 Å². The molecular formula is C13H12FN3O. The van der Waals surface area contributed by atoms with E-state index in [1.54, 1.807) is 24.3 Å². The number of amidine groups is 1. The van der Waals surface area contributed by atoms with Gasteiger partial charge in [-0.15, -0.1) is 0 Å². The summed E-state index contributed by atoms with van der Waals surface area (Å²) in [5.41, 5.74) is 6.30. The van der Waals surface area contributed by atoms with Crippen LogP contribution in [0, 0.1) is 11.2 Å². The van der Waals surface area contributed by atoms with Crippen LogP contribution in [0.3, 0.4) is 0 Å². The maximum absolute atomic E-state index is 13.4. The van der Waals surface area contributed by atoms with Crippen LogP contribution < -0.4 is 10.5 Å². The maximum Gasteiger partial charge on any atom is 0.148 e. The Hall–Kier alpha value is -2.43. The van der Waals surface area contributed by atoms with Gasteiger partial charge in [-0.2, -0.15) is 0 Å². The van der Waals surface area contributed by atoms with Crippen molar-refractivity contribution in [2.45, 2.75) is 6.61 Å². The summed E-state index contributed by atoms with van der Waals surface area (Å²) in [4.78, 5) is 3.89. The summed E-state index contributed by atoms with van der Waals surface area (Å²) >= 11 is 0. The zero-order valence-electron chi connectivity index (χ0n) is 9.56. The Morgan fingerprint density at radius 3 is 2.83 bits per heavy atom. The summed E-state index contributed by atoms with van der Waals surface area (Å²) in [6.45, 7) is 0.0681. The lowest BCUT2D eigenvalue weighted by Crippen LogP contribution is -2.13. The second-order valence-electron chi connectivity index (χ2n) is 3.67. The summed E-state index contributed by atoms with van der Waals surface area (Å²) in [5, 5.41) is 7.40. The number of hydrogen-bond acceptors (Lipinski definition) is 3. The fourth-order valence-electron chi connectivity index (χ4n) is 1.49. The van der Waals surface area contributed by atoms with Crippen LogP contribution in [-0.4, -0.2) is 10.8 Å². The molecule has 0 saturated carbocycles. The maximum atomic E-state index is 13.4. The van der Waals surface area contributed by atoms with Gasteiger partial charge in [0.2, 0.25) is 0 Å². The molecule has 92 valence electrons. The van der Waals surface area contributed by atoms with Gasteiger partial charge in [-0.25, -0.2) is 4.39 Å². The molecule has 0 atom stereocenters. The number of nitrogens with one attached hydrogen (secondary N) is 1. The summed E-state index contributed by atoms with van der Waals surface area (Å²) in [5.74, 6) is -0.0695. The molecule has 1 aromatic heterocycles. The summed E-state index contributed by atoms with van der Waals surface area (Å²) < 4.78 is 18.8. The predicted molar refractivity (Wildman–Crippen MR) is 66.0 cm³/mol. The van der Waals surface area contributed by atoms with E-state index in [-0.39, 0.29) is 18.3 Å². The van der Waals surface area contributed by atoms with Crippen LogP contribution in [0.1, 0.15) is 11.1 Å². The van der Waals surface area contributed by atoms with Crippen LogP contribution in [0.15, 0.2) is 42.7 Å². The van der Waals surface area contributed by atoms with Crippen molar-refractivity contribution in [2.75, 3.05) is 0 Å². The molecule has 0 bridgehead atoms. The van der Waals surface area contributed by atoms with E-state index >= 15 is 0 Å². The number of rotatable bonds is 4. The number of ether oxygens (including phenoxy) is 1. The third-order valence-electron chi connectivity index (χ3n) is 2.42. The largest absolute Gasteiger partial charge is 0.486 e. The fourth-order valence-corrected chi connectivity index (χ4v) is 1.49. The van der Waals surface area contributed by atoms with Gasteiger partial charge in [0.1, 0.15) is 24.0 Å². The van der Waals surface area contributed by atoms with Crippen LogP contribution in [-0.2, 0) is 6.61 Å². The third kappa shape index (κ3) is 2.63. The van der Waals surface area contributed by atoms with Crippen molar-refractivity contribution >= 4 is 5.84 Å². The average Bonchev–Trinajstić information content (AvgIpc) is 2.38. The van der Waals surface area contributed by atoms with Gasteiger partial charge in [-0.05, 0) is 12.1 Å². The first-order valence-electron chi connectivity index (χ1n) is 5.33. The van der Waals surface area contributed by atoms with Gasteiger partial charge >= 0.3 is 0 Å². The Kier molecular flexibility index (Phi) is 3.52. The highest BCUT2D eigenvalue weighted by atomic mass is 19.1. The first-order valence-corrected chi connectivity index (χ1v) is 5.33. The molecule has 0 amide bonds. The Bertz CT molecular complexity index is 572. The SMILES string of the molecule is N=C(N)c1ccncc1OCc1ccccc1F. The summed E-state index contributed by atoms with van der Waals surface area (Å²) in [7, 11) is 0. The zero-order valence-corrected chi connectivity index (χ0v) is 9.56. The van der Waals surface area contributed by atoms with E-state index in [4.69, 9.17) is 15.9 Å². The molecule has 2 aromatic rings. The molecule has 0 fully saturated rings. The molecule has 0 aliphatic heterocycles. The van der Waals surface area contributed by atoms with Crippen molar-refractivity contribution < 1.29 is 9.13 Å². The van der Waals surface area contributed by atoms with Crippen LogP contribution in [0.4, 0.5) is 4.39 Å². The van der Waals surface area contributed by atoms with E-state index in [1.807, 2.05) is 0 Å². The van der Waals surface area contributed by atoms with Crippen molar-refractivity contribution in [1.82, 2.24) is 4.98 Å².